The minimum Gasteiger partial charge on any atom is -0.493 e. The molecule has 170 valence electrons. The lowest BCUT2D eigenvalue weighted by Crippen LogP contribution is -2.32. The second-order valence-corrected chi connectivity index (χ2v) is 7.40. The summed E-state index contributed by atoms with van der Waals surface area (Å²) in [7, 11) is 1.13. The van der Waals surface area contributed by atoms with Crippen LogP contribution in [-0.2, 0) is 9.53 Å². The SMILES string of the molecule is CCCCCCCOC(=O)C1=C(C)NC(C)=C([N+](=O)[O-])C1c1ccc(F)c(F)c1OC. The number of halogens is 2. The van der Waals surface area contributed by atoms with Crippen LogP contribution in [-0.4, -0.2) is 24.6 Å². The fraction of sp³-hybridized carbons (Fsp3) is 0.500. The lowest BCUT2D eigenvalue weighted by Gasteiger charge is -2.27. The van der Waals surface area contributed by atoms with Crippen LogP contribution >= 0.6 is 0 Å². The van der Waals surface area contributed by atoms with Crippen molar-refractivity contribution in [3.63, 3.8) is 0 Å². The number of nitrogens with zero attached hydrogens (tertiary/aromatic N) is 1. The van der Waals surface area contributed by atoms with Gasteiger partial charge >= 0.3 is 5.97 Å². The lowest BCUT2D eigenvalue weighted by atomic mass is 9.83. The van der Waals surface area contributed by atoms with E-state index >= 15 is 0 Å². The van der Waals surface area contributed by atoms with E-state index in [1.807, 2.05) is 0 Å². The molecule has 1 aliphatic rings. The van der Waals surface area contributed by atoms with Gasteiger partial charge in [0.05, 0.1) is 29.9 Å². The zero-order chi connectivity index (χ0) is 23.1. The Morgan fingerprint density at radius 1 is 1.16 bits per heavy atom. The van der Waals surface area contributed by atoms with Crippen LogP contribution in [0.1, 0.15) is 64.4 Å². The van der Waals surface area contributed by atoms with Gasteiger partial charge in [-0.3, -0.25) is 10.1 Å². The van der Waals surface area contributed by atoms with Crippen molar-refractivity contribution < 1.29 is 28.0 Å². The molecule has 0 saturated heterocycles. The Kier molecular flexibility index (Phi) is 8.53. The number of hydrogen-bond donors (Lipinski definition) is 1. The molecule has 1 aromatic rings. The molecule has 0 saturated carbocycles. The van der Waals surface area contributed by atoms with Crippen molar-refractivity contribution in [1.82, 2.24) is 5.32 Å². The fourth-order valence-corrected chi connectivity index (χ4v) is 3.73. The van der Waals surface area contributed by atoms with Gasteiger partial charge in [0, 0.05) is 11.3 Å². The monoisotopic (exact) mass is 438 g/mol. The van der Waals surface area contributed by atoms with Gasteiger partial charge in [-0.1, -0.05) is 38.7 Å². The van der Waals surface area contributed by atoms with E-state index in [1.54, 1.807) is 6.92 Å². The van der Waals surface area contributed by atoms with E-state index in [-0.39, 0.29) is 29.1 Å². The average Bonchev–Trinajstić information content (AvgIpc) is 2.71. The molecular formula is C22H28F2N2O5. The highest BCUT2D eigenvalue weighted by atomic mass is 19.2. The van der Waals surface area contributed by atoms with Crippen molar-refractivity contribution in [2.45, 2.75) is 58.8 Å². The zero-order valence-corrected chi connectivity index (χ0v) is 18.2. The maximum Gasteiger partial charge on any atom is 0.336 e. The first kappa shape index (κ1) is 24.3. The standard InChI is InChI=1S/C22H28F2N2O5/c1-5-6-7-8-9-12-31-22(27)17-13(2)25-14(3)20(26(28)29)18(17)15-10-11-16(23)19(24)21(15)30-4/h10-11,18,25H,5-9,12H2,1-4H3. The summed E-state index contributed by atoms with van der Waals surface area (Å²) in [6.45, 7) is 5.33. The molecule has 1 heterocycles. The number of rotatable bonds is 10. The van der Waals surface area contributed by atoms with Crippen LogP contribution in [0.25, 0.3) is 0 Å². The molecule has 0 spiro atoms. The quantitative estimate of drug-likeness (QED) is 0.240. The van der Waals surface area contributed by atoms with Crippen LogP contribution in [0.5, 0.6) is 5.75 Å². The van der Waals surface area contributed by atoms with Crippen LogP contribution < -0.4 is 10.1 Å². The molecule has 31 heavy (non-hydrogen) atoms. The molecule has 2 rings (SSSR count). The van der Waals surface area contributed by atoms with Crippen LogP contribution in [0.15, 0.2) is 34.8 Å². The number of ether oxygens (including phenoxy) is 2. The maximum atomic E-state index is 14.4. The summed E-state index contributed by atoms with van der Waals surface area (Å²) >= 11 is 0. The molecule has 1 aliphatic heterocycles. The van der Waals surface area contributed by atoms with E-state index in [1.165, 1.54) is 13.0 Å². The van der Waals surface area contributed by atoms with Crippen molar-refractivity contribution in [1.29, 1.82) is 0 Å². The molecule has 9 heteroatoms. The number of esters is 1. The third-order valence-corrected chi connectivity index (χ3v) is 5.22. The summed E-state index contributed by atoms with van der Waals surface area (Å²) < 4.78 is 38.5. The molecule has 1 unspecified atom stereocenters. The fourth-order valence-electron chi connectivity index (χ4n) is 3.73. The molecule has 0 bridgehead atoms. The second kappa shape index (κ2) is 10.9. The van der Waals surface area contributed by atoms with E-state index < -0.39 is 34.2 Å². The number of dihydropyridines is 1. The summed E-state index contributed by atoms with van der Waals surface area (Å²) in [5.41, 5.74) is 0.120. The smallest absolute Gasteiger partial charge is 0.336 e. The van der Waals surface area contributed by atoms with E-state index in [0.29, 0.717) is 12.1 Å². The van der Waals surface area contributed by atoms with Gasteiger partial charge in [-0.25, -0.2) is 9.18 Å². The molecule has 0 aliphatic carbocycles. The topological polar surface area (TPSA) is 90.7 Å². The van der Waals surface area contributed by atoms with Crippen LogP contribution in [0.4, 0.5) is 8.78 Å². The molecule has 0 radical (unpaired) electrons. The largest absolute Gasteiger partial charge is 0.493 e. The molecule has 0 amide bonds. The van der Waals surface area contributed by atoms with Gasteiger partial charge in [-0.15, -0.1) is 0 Å². The van der Waals surface area contributed by atoms with Gasteiger partial charge in [-0.2, -0.15) is 4.39 Å². The van der Waals surface area contributed by atoms with Crippen LogP contribution in [0.3, 0.4) is 0 Å². The normalized spacial score (nSPS) is 16.3. The first-order valence-electron chi connectivity index (χ1n) is 10.3. The molecule has 1 N–H and O–H groups in total. The number of allylic oxidation sites excluding steroid dienone is 3. The summed E-state index contributed by atoms with van der Waals surface area (Å²) in [4.78, 5) is 24.2. The first-order valence-corrected chi connectivity index (χ1v) is 10.3. The van der Waals surface area contributed by atoms with Crippen LogP contribution in [0.2, 0.25) is 0 Å². The van der Waals surface area contributed by atoms with Gasteiger partial charge in [-0.05, 0) is 26.3 Å². The van der Waals surface area contributed by atoms with Gasteiger partial charge in [0.15, 0.2) is 11.6 Å². The molecule has 0 fully saturated rings. The number of carbonyl (C=O) groups is 1. The molecule has 0 aromatic heterocycles. The van der Waals surface area contributed by atoms with E-state index in [9.17, 15) is 23.7 Å². The Balaban J connectivity index is 2.44. The third kappa shape index (κ3) is 5.39. The number of nitrogens with one attached hydrogen (secondary N) is 1. The van der Waals surface area contributed by atoms with Crippen molar-refractivity contribution in [3.05, 3.63) is 62.1 Å². The summed E-state index contributed by atoms with van der Waals surface area (Å²) in [6, 6.07) is 2.05. The van der Waals surface area contributed by atoms with Gasteiger partial charge < -0.3 is 14.8 Å². The van der Waals surface area contributed by atoms with Gasteiger partial charge in [0.2, 0.25) is 5.82 Å². The molecule has 1 aromatic carbocycles. The Labute approximate surface area is 180 Å². The Morgan fingerprint density at radius 2 is 1.84 bits per heavy atom. The Hall–Kier alpha value is -2.97. The minimum atomic E-state index is -1.28. The van der Waals surface area contributed by atoms with Crippen molar-refractivity contribution in [3.8, 4) is 5.75 Å². The average molecular weight is 438 g/mol. The lowest BCUT2D eigenvalue weighted by molar-refractivity contribution is -0.431. The number of methoxy groups -OCH3 is 1. The number of carbonyl (C=O) groups excluding carboxylic acids is 1. The summed E-state index contributed by atoms with van der Waals surface area (Å²) in [6.07, 6.45) is 4.78. The number of unbranched alkanes of at least 4 members (excludes halogenated alkanes) is 4. The number of hydrogen-bond acceptors (Lipinski definition) is 6. The molecule has 7 nitrogen and oxygen atoms in total. The number of benzene rings is 1. The second-order valence-electron chi connectivity index (χ2n) is 7.40. The zero-order valence-electron chi connectivity index (χ0n) is 18.2. The van der Waals surface area contributed by atoms with E-state index in [0.717, 1.165) is 38.9 Å². The van der Waals surface area contributed by atoms with E-state index in [2.05, 4.69) is 12.2 Å². The summed E-state index contributed by atoms with van der Waals surface area (Å²) in [5.74, 6) is -4.95. The van der Waals surface area contributed by atoms with Crippen molar-refractivity contribution in [2.75, 3.05) is 13.7 Å². The Morgan fingerprint density at radius 3 is 2.45 bits per heavy atom. The highest BCUT2D eigenvalue weighted by Gasteiger charge is 2.43. The predicted octanol–water partition coefficient (Wildman–Crippen LogP) is 4.96. The van der Waals surface area contributed by atoms with Gasteiger partial charge in [0.1, 0.15) is 5.92 Å². The van der Waals surface area contributed by atoms with Crippen molar-refractivity contribution >= 4 is 5.97 Å². The summed E-state index contributed by atoms with van der Waals surface area (Å²) in [5, 5.41) is 14.7. The highest BCUT2D eigenvalue weighted by molar-refractivity contribution is 5.92. The Bertz CT molecular complexity index is 911. The predicted molar refractivity (Wildman–Crippen MR) is 111 cm³/mol. The molecule has 1 atom stereocenters. The minimum absolute atomic E-state index is 0.0248. The van der Waals surface area contributed by atoms with Crippen molar-refractivity contribution in [2.24, 2.45) is 0 Å². The maximum absolute atomic E-state index is 14.4. The van der Waals surface area contributed by atoms with Gasteiger partial charge in [0.25, 0.3) is 5.70 Å². The molecular weight excluding hydrogens is 410 g/mol. The first-order chi connectivity index (χ1) is 14.7. The van der Waals surface area contributed by atoms with E-state index in [4.69, 9.17) is 9.47 Å². The third-order valence-electron chi connectivity index (χ3n) is 5.22. The highest BCUT2D eigenvalue weighted by Crippen LogP contribution is 2.43. The van der Waals surface area contributed by atoms with Crippen LogP contribution in [0, 0.1) is 21.7 Å². The number of nitro groups is 1.